The maximum atomic E-state index is 11.3. The lowest BCUT2D eigenvalue weighted by atomic mass is 10.1. The predicted octanol–water partition coefficient (Wildman–Crippen LogP) is 1.55. The van der Waals surface area contributed by atoms with Crippen LogP contribution in [0.1, 0.15) is 22.8 Å². The summed E-state index contributed by atoms with van der Waals surface area (Å²) in [5, 5.41) is 0. The molecule has 1 rings (SSSR count). The van der Waals surface area contributed by atoms with Gasteiger partial charge in [-0.1, -0.05) is 12.1 Å². The van der Waals surface area contributed by atoms with Crippen molar-refractivity contribution in [2.45, 2.75) is 13.5 Å². The fourth-order valence-electron chi connectivity index (χ4n) is 1.30. The predicted molar refractivity (Wildman–Crippen MR) is 64.1 cm³/mol. The van der Waals surface area contributed by atoms with Gasteiger partial charge in [0.05, 0.1) is 12.7 Å². The molecule has 0 bridgehead atoms. The fourth-order valence-corrected chi connectivity index (χ4v) is 1.30. The van der Waals surface area contributed by atoms with Gasteiger partial charge in [0, 0.05) is 6.61 Å². The highest BCUT2D eigenvalue weighted by molar-refractivity contribution is 5.89. The zero-order valence-corrected chi connectivity index (χ0v) is 10.5. The molecule has 5 nitrogen and oxygen atoms in total. The van der Waals surface area contributed by atoms with E-state index in [1.165, 1.54) is 7.11 Å². The van der Waals surface area contributed by atoms with E-state index in [4.69, 9.17) is 9.47 Å². The van der Waals surface area contributed by atoms with E-state index >= 15 is 0 Å². The van der Waals surface area contributed by atoms with Gasteiger partial charge in [0.25, 0.3) is 0 Å². The van der Waals surface area contributed by atoms with Gasteiger partial charge in [0.15, 0.2) is 0 Å². The maximum absolute atomic E-state index is 11.3. The van der Waals surface area contributed by atoms with Gasteiger partial charge in [0.2, 0.25) is 0 Å². The first-order chi connectivity index (χ1) is 8.67. The minimum atomic E-state index is -0.430. The number of benzene rings is 1. The minimum Gasteiger partial charge on any atom is -0.465 e. The third-order valence-electron chi connectivity index (χ3n) is 2.17. The van der Waals surface area contributed by atoms with Crippen molar-refractivity contribution in [2.24, 2.45) is 0 Å². The van der Waals surface area contributed by atoms with E-state index in [1.807, 2.05) is 0 Å². The molecule has 0 saturated heterocycles. The Labute approximate surface area is 106 Å². The smallest absolute Gasteiger partial charge is 0.337 e. The summed E-state index contributed by atoms with van der Waals surface area (Å²) in [5.74, 6) is -0.849. The van der Waals surface area contributed by atoms with E-state index in [0.29, 0.717) is 12.2 Å². The van der Waals surface area contributed by atoms with Crippen LogP contribution in [0.15, 0.2) is 24.3 Å². The van der Waals surface area contributed by atoms with E-state index in [0.717, 1.165) is 5.56 Å². The quantitative estimate of drug-likeness (QED) is 0.719. The average molecular weight is 252 g/mol. The molecule has 0 fully saturated rings. The minimum absolute atomic E-state index is 0.0623. The summed E-state index contributed by atoms with van der Waals surface area (Å²) in [6, 6.07) is 6.73. The second-order valence-corrected chi connectivity index (χ2v) is 3.49. The summed E-state index contributed by atoms with van der Waals surface area (Å²) in [7, 11) is 1.32. The van der Waals surface area contributed by atoms with Gasteiger partial charge in [-0.3, -0.25) is 0 Å². The van der Waals surface area contributed by atoms with Crippen LogP contribution in [0.25, 0.3) is 0 Å². The molecule has 0 amide bonds. The van der Waals surface area contributed by atoms with Crippen molar-refractivity contribution >= 4 is 11.9 Å². The molecule has 98 valence electrons. The molecule has 0 aliphatic rings. The van der Waals surface area contributed by atoms with E-state index in [1.54, 1.807) is 31.2 Å². The number of methoxy groups -OCH3 is 1. The Kier molecular flexibility index (Phi) is 5.87. The molecule has 18 heavy (non-hydrogen) atoms. The van der Waals surface area contributed by atoms with Crippen LogP contribution in [-0.4, -0.2) is 32.3 Å². The number of esters is 2. The number of hydrogen-bond donors (Lipinski definition) is 0. The van der Waals surface area contributed by atoms with Crippen molar-refractivity contribution < 1.29 is 23.8 Å². The first kappa shape index (κ1) is 14.2. The highest BCUT2D eigenvalue weighted by atomic mass is 16.6. The third-order valence-corrected chi connectivity index (χ3v) is 2.17. The van der Waals surface area contributed by atoms with E-state index in [-0.39, 0.29) is 13.2 Å². The molecule has 1 aromatic rings. The van der Waals surface area contributed by atoms with E-state index < -0.39 is 11.9 Å². The van der Waals surface area contributed by atoms with E-state index in [9.17, 15) is 9.59 Å². The van der Waals surface area contributed by atoms with Gasteiger partial charge in [0.1, 0.15) is 13.2 Å². The first-order valence-corrected chi connectivity index (χ1v) is 5.58. The molecule has 0 N–H and O–H groups in total. The average Bonchev–Trinajstić information content (AvgIpc) is 2.42. The van der Waals surface area contributed by atoms with Crippen LogP contribution in [0.2, 0.25) is 0 Å². The van der Waals surface area contributed by atoms with Crippen LogP contribution in [0, 0.1) is 0 Å². The summed E-state index contributed by atoms with van der Waals surface area (Å²) in [5.41, 5.74) is 1.15. The highest BCUT2D eigenvalue weighted by Crippen LogP contribution is 2.08. The molecule has 0 aromatic heterocycles. The van der Waals surface area contributed by atoms with Crippen LogP contribution < -0.4 is 0 Å². The molecule has 0 heterocycles. The monoisotopic (exact) mass is 252 g/mol. The van der Waals surface area contributed by atoms with Crippen molar-refractivity contribution in [1.82, 2.24) is 0 Å². The Hall–Kier alpha value is -1.88. The molecule has 0 unspecified atom stereocenters. The summed E-state index contributed by atoms with van der Waals surface area (Å²) < 4.78 is 14.5. The second kappa shape index (κ2) is 7.45. The van der Waals surface area contributed by atoms with Crippen molar-refractivity contribution in [1.29, 1.82) is 0 Å². The number of rotatable bonds is 6. The molecule has 5 heteroatoms. The van der Waals surface area contributed by atoms with E-state index in [2.05, 4.69) is 4.74 Å². The van der Waals surface area contributed by atoms with Crippen molar-refractivity contribution in [3.8, 4) is 0 Å². The van der Waals surface area contributed by atoms with Crippen LogP contribution in [-0.2, 0) is 25.6 Å². The largest absolute Gasteiger partial charge is 0.465 e. The summed E-state index contributed by atoms with van der Waals surface area (Å²) in [6.07, 6.45) is 0. The van der Waals surface area contributed by atoms with Crippen LogP contribution in [0.4, 0.5) is 0 Å². The Bertz CT molecular complexity index is 414. The topological polar surface area (TPSA) is 61.8 Å². The van der Waals surface area contributed by atoms with Gasteiger partial charge in [-0.2, -0.15) is 0 Å². The normalized spacial score (nSPS) is 9.89. The number of ether oxygens (including phenoxy) is 3. The maximum Gasteiger partial charge on any atom is 0.337 e. The summed E-state index contributed by atoms with van der Waals surface area (Å²) in [6.45, 7) is 2.31. The van der Waals surface area contributed by atoms with Crippen molar-refractivity contribution in [3.63, 3.8) is 0 Å². The Morgan fingerprint density at radius 2 is 2.06 bits per heavy atom. The van der Waals surface area contributed by atoms with Gasteiger partial charge < -0.3 is 14.2 Å². The van der Waals surface area contributed by atoms with Crippen LogP contribution in [0.3, 0.4) is 0 Å². The lowest BCUT2D eigenvalue weighted by Crippen LogP contribution is -2.12. The molecule has 0 atom stereocenters. The summed E-state index contributed by atoms with van der Waals surface area (Å²) in [4.78, 5) is 22.5. The number of carbonyl (C=O) groups excluding carboxylic acids is 2. The zero-order chi connectivity index (χ0) is 13.4. The number of hydrogen-bond acceptors (Lipinski definition) is 5. The first-order valence-electron chi connectivity index (χ1n) is 5.58. The molecule has 0 aliphatic heterocycles. The molecular formula is C13H16O5. The second-order valence-electron chi connectivity index (χ2n) is 3.49. The molecule has 0 saturated carbocycles. The standard InChI is InChI=1S/C13H16O5/c1-3-17-9-12(14)18-8-10-5-4-6-11(7-10)13(15)16-2/h4-7H,3,8-9H2,1-2H3. The molecule has 0 spiro atoms. The van der Waals surface area contributed by atoms with Gasteiger partial charge in [-0.05, 0) is 24.6 Å². The molecule has 1 aromatic carbocycles. The lowest BCUT2D eigenvalue weighted by Gasteiger charge is -2.06. The lowest BCUT2D eigenvalue weighted by molar-refractivity contribution is -0.150. The van der Waals surface area contributed by atoms with Crippen molar-refractivity contribution in [3.05, 3.63) is 35.4 Å². The van der Waals surface area contributed by atoms with Crippen LogP contribution in [0.5, 0.6) is 0 Å². The SMILES string of the molecule is CCOCC(=O)OCc1cccc(C(=O)OC)c1. The molecule has 0 aliphatic carbocycles. The Balaban J connectivity index is 2.52. The summed E-state index contributed by atoms with van der Waals surface area (Å²) >= 11 is 0. The van der Waals surface area contributed by atoms with Crippen molar-refractivity contribution in [2.75, 3.05) is 20.3 Å². The van der Waals surface area contributed by atoms with Gasteiger partial charge in [-0.15, -0.1) is 0 Å². The Morgan fingerprint density at radius 1 is 1.28 bits per heavy atom. The zero-order valence-electron chi connectivity index (χ0n) is 10.5. The van der Waals surface area contributed by atoms with Crippen LogP contribution >= 0.6 is 0 Å². The fraction of sp³-hybridized carbons (Fsp3) is 0.385. The highest BCUT2D eigenvalue weighted by Gasteiger charge is 2.07. The van der Waals surface area contributed by atoms with Gasteiger partial charge in [-0.25, -0.2) is 9.59 Å². The molecule has 0 radical (unpaired) electrons. The Morgan fingerprint density at radius 3 is 2.72 bits per heavy atom. The number of carbonyl (C=O) groups is 2. The molecular weight excluding hydrogens is 236 g/mol. The third kappa shape index (κ3) is 4.55. The van der Waals surface area contributed by atoms with Gasteiger partial charge >= 0.3 is 11.9 Å².